The first-order valence-corrected chi connectivity index (χ1v) is 7.06. The number of aromatic nitrogens is 1. The van der Waals surface area contributed by atoms with Crippen LogP contribution in [0.5, 0.6) is 11.5 Å². The number of hydrogen-bond acceptors (Lipinski definition) is 5. The molecule has 0 aliphatic rings. The second kappa shape index (κ2) is 6.49. The maximum Gasteiger partial charge on any atom is 0.308 e. The van der Waals surface area contributed by atoms with Gasteiger partial charge in [-0.3, -0.25) is 15.1 Å². The van der Waals surface area contributed by atoms with E-state index in [2.05, 4.69) is 4.98 Å². The quantitative estimate of drug-likeness (QED) is 0.525. The van der Waals surface area contributed by atoms with Crippen LogP contribution in [-0.4, -0.2) is 17.0 Å². The third-order valence-electron chi connectivity index (χ3n) is 3.59. The zero-order chi connectivity index (χ0) is 17.1. The summed E-state index contributed by atoms with van der Waals surface area (Å²) in [6.07, 6.45) is 3.41. The topological polar surface area (TPSA) is 74.5 Å². The maximum atomic E-state index is 13.7. The third kappa shape index (κ3) is 2.96. The molecule has 7 heteroatoms. The summed E-state index contributed by atoms with van der Waals surface area (Å²) in [7, 11) is 1.34. The van der Waals surface area contributed by atoms with E-state index >= 15 is 0 Å². The molecule has 0 atom stereocenters. The molecule has 2 aromatic carbocycles. The van der Waals surface area contributed by atoms with Crippen LogP contribution in [0.25, 0.3) is 10.8 Å². The highest BCUT2D eigenvalue weighted by Gasteiger charge is 2.20. The van der Waals surface area contributed by atoms with Crippen molar-refractivity contribution in [2.24, 2.45) is 0 Å². The summed E-state index contributed by atoms with van der Waals surface area (Å²) in [4.78, 5) is 14.2. The van der Waals surface area contributed by atoms with Crippen LogP contribution in [0.15, 0.2) is 48.8 Å². The fraction of sp³-hybridized carbons (Fsp3) is 0.118. The van der Waals surface area contributed by atoms with Gasteiger partial charge in [-0.1, -0.05) is 18.2 Å². The summed E-state index contributed by atoms with van der Waals surface area (Å²) in [6, 6.07) is 9.54. The molecule has 122 valence electrons. The highest BCUT2D eigenvalue weighted by Crippen LogP contribution is 2.34. The van der Waals surface area contributed by atoms with Crippen LogP contribution in [0.2, 0.25) is 0 Å². The molecule has 0 N–H and O–H groups in total. The molecule has 6 nitrogen and oxygen atoms in total. The Morgan fingerprint density at radius 2 is 2.08 bits per heavy atom. The second-order valence-electron chi connectivity index (χ2n) is 5.01. The van der Waals surface area contributed by atoms with Crippen molar-refractivity contribution in [1.82, 2.24) is 4.98 Å². The molecule has 24 heavy (non-hydrogen) atoms. The fourth-order valence-corrected chi connectivity index (χ4v) is 2.39. The number of nitro groups is 1. The first-order valence-electron chi connectivity index (χ1n) is 7.06. The lowest BCUT2D eigenvalue weighted by Gasteiger charge is -2.12. The van der Waals surface area contributed by atoms with Crippen LogP contribution < -0.4 is 9.47 Å². The van der Waals surface area contributed by atoms with Crippen LogP contribution in [0, 0.1) is 15.9 Å². The van der Waals surface area contributed by atoms with Gasteiger partial charge in [-0.05, 0) is 17.0 Å². The predicted molar refractivity (Wildman–Crippen MR) is 85.7 cm³/mol. The number of hydrogen-bond donors (Lipinski definition) is 0. The number of nitrogens with zero attached hydrogens (tertiary/aromatic N) is 2. The van der Waals surface area contributed by atoms with E-state index in [4.69, 9.17) is 9.47 Å². The zero-order valence-electron chi connectivity index (χ0n) is 12.7. The minimum atomic E-state index is -0.974. The molecular formula is C17H13FN2O4. The Morgan fingerprint density at radius 1 is 1.25 bits per heavy atom. The summed E-state index contributed by atoms with van der Waals surface area (Å²) >= 11 is 0. The molecule has 0 fully saturated rings. The Morgan fingerprint density at radius 3 is 2.83 bits per heavy atom. The Bertz CT molecular complexity index is 909. The van der Waals surface area contributed by atoms with Crippen molar-refractivity contribution in [2.75, 3.05) is 7.11 Å². The molecule has 0 amide bonds. The normalized spacial score (nSPS) is 10.6. The molecule has 1 aromatic heterocycles. The van der Waals surface area contributed by atoms with E-state index in [1.165, 1.54) is 7.11 Å². The number of benzene rings is 2. The van der Waals surface area contributed by atoms with Gasteiger partial charge < -0.3 is 9.47 Å². The third-order valence-corrected chi connectivity index (χ3v) is 3.59. The maximum absolute atomic E-state index is 13.7. The van der Waals surface area contributed by atoms with Gasteiger partial charge >= 0.3 is 5.69 Å². The molecule has 1 heterocycles. The Kier molecular flexibility index (Phi) is 4.24. The van der Waals surface area contributed by atoms with E-state index in [1.807, 2.05) is 24.3 Å². The SMILES string of the molecule is COc1cc(F)c([N+](=O)[O-])cc1OCc1cccc2ccncc12. The van der Waals surface area contributed by atoms with Crippen molar-refractivity contribution >= 4 is 16.5 Å². The molecule has 0 aliphatic heterocycles. The summed E-state index contributed by atoms with van der Waals surface area (Å²) in [6.45, 7) is 0.141. The van der Waals surface area contributed by atoms with Crippen LogP contribution in [0.3, 0.4) is 0 Å². The lowest BCUT2D eigenvalue weighted by atomic mass is 10.1. The number of nitro benzene ring substituents is 1. The second-order valence-corrected chi connectivity index (χ2v) is 5.01. The van der Waals surface area contributed by atoms with Gasteiger partial charge in [0.25, 0.3) is 0 Å². The van der Waals surface area contributed by atoms with Crippen LogP contribution in [0.1, 0.15) is 5.56 Å². The van der Waals surface area contributed by atoms with Gasteiger partial charge in [0.1, 0.15) is 6.61 Å². The molecule has 0 saturated heterocycles. The van der Waals surface area contributed by atoms with Crippen LogP contribution in [0.4, 0.5) is 10.1 Å². The van der Waals surface area contributed by atoms with Gasteiger partial charge in [0.05, 0.1) is 18.1 Å². The monoisotopic (exact) mass is 328 g/mol. The van der Waals surface area contributed by atoms with E-state index in [-0.39, 0.29) is 18.1 Å². The van der Waals surface area contributed by atoms with E-state index in [0.717, 1.165) is 28.5 Å². The van der Waals surface area contributed by atoms with Gasteiger partial charge in [-0.25, -0.2) is 0 Å². The summed E-state index contributed by atoms with van der Waals surface area (Å²) in [5.41, 5.74) is 0.194. The fourth-order valence-electron chi connectivity index (χ4n) is 2.39. The molecule has 0 unspecified atom stereocenters. The van der Waals surface area contributed by atoms with Gasteiger partial charge in [0.15, 0.2) is 11.5 Å². The molecule has 0 bridgehead atoms. The highest BCUT2D eigenvalue weighted by molar-refractivity contribution is 5.84. The van der Waals surface area contributed by atoms with Crippen LogP contribution in [-0.2, 0) is 6.61 Å². The number of pyridine rings is 1. The standard InChI is InChI=1S/C17H13FN2O4/c1-23-16-7-14(18)15(20(21)22)8-17(16)24-10-12-4-2-3-11-5-6-19-9-13(11)12/h2-9H,10H2,1H3. The molecule has 3 aromatic rings. The molecule has 0 spiro atoms. The van der Waals surface area contributed by atoms with E-state index in [0.29, 0.717) is 0 Å². The number of fused-ring (bicyclic) bond motifs is 1. The Balaban J connectivity index is 1.93. The van der Waals surface area contributed by atoms with Crippen molar-refractivity contribution in [3.63, 3.8) is 0 Å². The van der Waals surface area contributed by atoms with Gasteiger partial charge in [0, 0.05) is 23.8 Å². The van der Waals surface area contributed by atoms with Crippen molar-refractivity contribution in [2.45, 2.75) is 6.61 Å². The van der Waals surface area contributed by atoms with E-state index in [9.17, 15) is 14.5 Å². The van der Waals surface area contributed by atoms with Gasteiger partial charge in [0.2, 0.25) is 5.82 Å². The first kappa shape index (κ1) is 15.7. The zero-order valence-corrected chi connectivity index (χ0v) is 12.7. The van der Waals surface area contributed by atoms with Crippen molar-refractivity contribution in [1.29, 1.82) is 0 Å². The summed E-state index contributed by atoms with van der Waals surface area (Å²) in [5, 5.41) is 12.8. The molecule has 3 rings (SSSR count). The minimum absolute atomic E-state index is 0.0939. The average molecular weight is 328 g/mol. The first-order chi connectivity index (χ1) is 11.6. The minimum Gasteiger partial charge on any atom is -0.493 e. The highest BCUT2D eigenvalue weighted by atomic mass is 19.1. The lowest BCUT2D eigenvalue weighted by molar-refractivity contribution is -0.387. The molecule has 0 saturated carbocycles. The van der Waals surface area contributed by atoms with Crippen molar-refractivity contribution in [3.8, 4) is 11.5 Å². The van der Waals surface area contributed by atoms with Crippen LogP contribution >= 0.6 is 0 Å². The lowest BCUT2D eigenvalue weighted by Crippen LogP contribution is -2.01. The number of rotatable bonds is 5. The smallest absolute Gasteiger partial charge is 0.308 e. The van der Waals surface area contributed by atoms with Crippen molar-refractivity contribution < 1.29 is 18.8 Å². The van der Waals surface area contributed by atoms with Gasteiger partial charge in [-0.15, -0.1) is 0 Å². The van der Waals surface area contributed by atoms with Gasteiger partial charge in [-0.2, -0.15) is 4.39 Å². The molecule has 0 aliphatic carbocycles. The summed E-state index contributed by atoms with van der Waals surface area (Å²) < 4.78 is 24.3. The van der Waals surface area contributed by atoms with Crippen molar-refractivity contribution in [3.05, 3.63) is 70.3 Å². The average Bonchev–Trinajstić information content (AvgIpc) is 2.60. The van der Waals surface area contributed by atoms with E-state index in [1.54, 1.807) is 12.4 Å². The number of methoxy groups -OCH3 is 1. The number of ether oxygens (including phenoxy) is 2. The van der Waals surface area contributed by atoms with E-state index < -0.39 is 16.4 Å². The Labute approximate surface area is 136 Å². The predicted octanol–water partition coefficient (Wildman–Crippen LogP) is 3.87. The Hall–Kier alpha value is -3.22. The molecule has 0 radical (unpaired) electrons. The number of halogens is 1. The summed E-state index contributed by atoms with van der Waals surface area (Å²) in [5.74, 6) is -0.776. The largest absolute Gasteiger partial charge is 0.493 e. The molecular weight excluding hydrogens is 315 g/mol.